The zero-order valence-corrected chi connectivity index (χ0v) is 15.8. The Balaban J connectivity index is 0.00000243. The van der Waals surface area contributed by atoms with E-state index in [0.717, 1.165) is 25.2 Å². The lowest BCUT2D eigenvalue weighted by Gasteiger charge is -2.25. The van der Waals surface area contributed by atoms with Crippen LogP contribution in [-0.4, -0.2) is 37.1 Å². The van der Waals surface area contributed by atoms with Crippen LogP contribution in [0.2, 0.25) is 0 Å². The maximum absolute atomic E-state index is 11.8. The van der Waals surface area contributed by atoms with Crippen molar-refractivity contribution in [2.24, 2.45) is 0 Å². The predicted octanol–water partition coefficient (Wildman–Crippen LogP) is 4.82. The second kappa shape index (κ2) is 10.8. The van der Waals surface area contributed by atoms with Crippen LogP contribution >= 0.6 is 12.4 Å². The molecule has 1 saturated heterocycles. The molecular weight excluding hydrogens is 346 g/mol. The summed E-state index contributed by atoms with van der Waals surface area (Å²) >= 11 is 0. The SMILES string of the molecule is Cl.O=C(/C=C\c1ccc(-c2ccccc2)cc1)OCCN1CCCCC1. The number of ether oxygens (including phenoxy) is 1. The Morgan fingerprint density at radius 2 is 1.58 bits per heavy atom. The van der Waals surface area contributed by atoms with Crippen molar-refractivity contribution in [1.82, 2.24) is 4.90 Å². The first-order chi connectivity index (χ1) is 12.3. The number of hydrogen-bond acceptors (Lipinski definition) is 3. The molecule has 3 nitrogen and oxygen atoms in total. The summed E-state index contributed by atoms with van der Waals surface area (Å²) < 4.78 is 5.29. The van der Waals surface area contributed by atoms with E-state index in [2.05, 4.69) is 29.2 Å². The van der Waals surface area contributed by atoms with E-state index >= 15 is 0 Å². The molecule has 4 heteroatoms. The van der Waals surface area contributed by atoms with Gasteiger partial charge in [-0.25, -0.2) is 4.79 Å². The molecule has 0 spiro atoms. The van der Waals surface area contributed by atoms with Gasteiger partial charge >= 0.3 is 5.97 Å². The minimum atomic E-state index is -0.274. The van der Waals surface area contributed by atoms with Crippen molar-refractivity contribution in [1.29, 1.82) is 0 Å². The average molecular weight is 372 g/mol. The molecule has 1 aliphatic heterocycles. The summed E-state index contributed by atoms with van der Waals surface area (Å²) in [4.78, 5) is 14.2. The highest BCUT2D eigenvalue weighted by atomic mass is 35.5. The van der Waals surface area contributed by atoms with Crippen molar-refractivity contribution >= 4 is 24.5 Å². The minimum absolute atomic E-state index is 0. The van der Waals surface area contributed by atoms with Gasteiger partial charge in [0.15, 0.2) is 0 Å². The molecule has 0 aromatic heterocycles. The number of carbonyl (C=O) groups is 1. The van der Waals surface area contributed by atoms with Crippen LogP contribution in [0.3, 0.4) is 0 Å². The summed E-state index contributed by atoms with van der Waals surface area (Å²) in [7, 11) is 0. The normalized spacial score (nSPS) is 14.8. The number of likely N-dealkylation sites (tertiary alicyclic amines) is 1. The molecule has 0 aliphatic carbocycles. The molecular formula is C22H26ClNO2. The fraction of sp³-hybridized carbons (Fsp3) is 0.318. The number of piperidine rings is 1. The van der Waals surface area contributed by atoms with Gasteiger partial charge in [-0.2, -0.15) is 0 Å². The molecule has 1 fully saturated rings. The molecule has 0 atom stereocenters. The van der Waals surface area contributed by atoms with Crippen LogP contribution in [-0.2, 0) is 9.53 Å². The van der Waals surface area contributed by atoms with Gasteiger partial charge in [-0.1, -0.05) is 61.0 Å². The molecule has 0 N–H and O–H groups in total. The van der Waals surface area contributed by atoms with Crippen LogP contribution in [0.1, 0.15) is 24.8 Å². The van der Waals surface area contributed by atoms with Gasteiger partial charge in [0, 0.05) is 12.6 Å². The van der Waals surface area contributed by atoms with Crippen LogP contribution in [0.15, 0.2) is 60.7 Å². The summed E-state index contributed by atoms with van der Waals surface area (Å²) in [6.07, 6.45) is 7.15. The Morgan fingerprint density at radius 1 is 0.923 bits per heavy atom. The van der Waals surface area contributed by atoms with Gasteiger partial charge in [-0.3, -0.25) is 4.90 Å². The lowest BCUT2D eigenvalue weighted by atomic mass is 10.0. The molecule has 0 radical (unpaired) electrons. The highest BCUT2D eigenvalue weighted by molar-refractivity contribution is 5.87. The van der Waals surface area contributed by atoms with Gasteiger partial charge in [0.05, 0.1) is 0 Å². The topological polar surface area (TPSA) is 29.5 Å². The standard InChI is InChI=1S/C22H25NO2.ClH/c24-22(25-18-17-23-15-5-2-6-16-23)14-11-19-9-12-21(13-10-19)20-7-3-1-4-8-20;/h1,3-4,7-14H,2,5-6,15-18H2;1H/b14-11-;. The summed E-state index contributed by atoms with van der Waals surface area (Å²) in [5, 5.41) is 0. The summed E-state index contributed by atoms with van der Waals surface area (Å²) in [5.41, 5.74) is 3.35. The number of halogens is 1. The van der Waals surface area contributed by atoms with E-state index in [1.54, 1.807) is 6.08 Å². The van der Waals surface area contributed by atoms with Crippen molar-refractivity contribution in [3.63, 3.8) is 0 Å². The maximum atomic E-state index is 11.8. The summed E-state index contributed by atoms with van der Waals surface area (Å²) in [6.45, 7) is 3.56. The molecule has 0 amide bonds. The van der Waals surface area contributed by atoms with E-state index < -0.39 is 0 Å². The summed E-state index contributed by atoms with van der Waals surface area (Å²) in [6, 6.07) is 18.4. The van der Waals surface area contributed by atoms with Gasteiger partial charge in [-0.15, -0.1) is 12.4 Å². The van der Waals surface area contributed by atoms with E-state index in [9.17, 15) is 4.79 Å². The second-order valence-corrected chi connectivity index (χ2v) is 6.39. The van der Waals surface area contributed by atoms with Crippen molar-refractivity contribution < 1.29 is 9.53 Å². The lowest BCUT2D eigenvalue weighted by molar-refractivity contribution is -0.138. The molecule has 1 aliphatic rings. The van der Waals surface area contributed by atoms with Crippen LogP contribution in [0.4, 0.5) is 0 Å². The van der Waals surface area contributed by atoms with Crippen LogP contribution in [0.5, 0.6) is 0 Å². The molecule has 2 aromatic carbocycles. The van der Waals surface area contributed by atoms with Crippen molar-refractivity contribution in [2.45, 2.75) is 19.3 Å². The highest BCUT2D eigenvalue weighted by Gasteiger charge is 2.09. The third-order valence-corrected chi connectivity index (χ3v) is 4.53. The number of rotatable bonds is 6. The Hall–Kier alpha value is -2.10. The predicted molar refractivity (Wildman–Crippen MR) is 109 cm³/mol. The second-order valence-electron chi connectivity index (χ2n) is 6.39. The van der Waals surface area contributed by atoms with Crippen LogP contribution in [0.25, 0.3) is 17.2 Å². The molecule has 1 heterocycles. The van der Waals surface area contributed by atoms with Gasteiger partial charge in [0.2, 0.25) is 0 Å². The number of hydrogen-bond donors (Lipinski definition) is 0. The molecule has 138 valence electrons. The van der Waals surface area contributed by atoms with E-state index in [1.807, 2.05) is 30.3 Å². The third-order valence-electron chi connectivity index (χ3n) is 4.53. The van der Waals surface area contributed by atoms with E-state index in [-0.39, 0.29) is 18.4 Å². The summed E-state index contributed by atoms with van der Waals surface area (Å²) in [5.74, 6) is -0.274. The van der Waals surface area contributed by atoms with Crippen molar-refractivity contribution in [3.05, 3.63) is 66.2 Å². The van der Waals surface area contributed by atoms with Gasteiger partial charge < -0.3 is 4.74 Å². The van der Waals surface area contributed by atoms with Gasteiger partial charge in [-0.05, 0) is 48.7 Å². The van der Waals surface area contributed by atoms with Gasteiger partial charge in [0.25, 0.3) is 0 Å². The van der Waals surface area contributed by atoms with E-state index in [1.165, 1.54) is 36.5 Å². The van der Waals surface area contributed by atoms with Crippen LogP contribution < -0.4 is 0 Å². The number of carbonyl (C=O) groups excluding carboxylic acids is 1. The molecule has 0 bridgehead atoms. The number of nitrogens with zero attached hydrogens (tertiary/aromatic N) is 1. The van der Waals surface area contributed by atoms with Gasteiger partial charge in [0.1, 0.15) is 6.61 Å². The van der Waals surface area contributed by atoms with E-state index in [0.29, 0.717) is 6.61 Å². The Morgan fingerprint density at radius 3 is 2.27 bits per heavy atom. The average Bonchev–Trinajstić information content (AvgIpc) is 2.68. The zero-order valence-electron chi connectivity index (χ0n) is 15.0. The number of benzene rings is 2. The molecule has 0 unspecified atom stereocenters. The molecule has 2 aromatic rings. The molecule has 26 heavy (non-hydrogen) atoms. The van der Waals surface area contributed by atoms with Crippen molar-refractivity contribution in [3.8, 4) is 11.1 Å². The number of esters is 1. The lowest BCUT2D eigenvalue weighted by Crippen LogP contribution is -2.33. The smallest absolute Gasteiger partial charge is 0.330 e. The molecule has 3 rings (SSSR count). The quantitative estimate of drug-likeness (QED) is 0.538. The Labute approximate surface area is 162 Å². The largest absolute Gasteiger partial charge is 0.461 e. The maximum Gasteiger partial charge on any atom is 0.330 e. The highest BCUT2D eigenvalue weighted by Crippen LogP contribution is 2.19. The molecule has 0 saturated carbocycles. The zero-order chi connectivity index (χ0) is 17.3. The van der Waals surface area contributed by atoms with E-state index in [4.69, 9.17) is 4.74 Å². The first kappa shape index (κ1) is 20.2. The fourth-order valence-electron chi connectivity index (χ4n) is 3.09. The van der Waals surface area contributed by atoms with Crippen LogP contribution in [0, 0.1) is 0 Å². The fourth-order valence-corrected chi connectivity index (χ4v) is 3.09. The Kier molecular flexibility index (Phi) is 8.39. The van der Waals surface area contributed by atoms with Crippen molar-refractivity contribution in [2.75, 3.05) is 26.2 Å². The third kappa shape index (κ3) is 6.32. The monoisotopic (exact) mass is 371 g/mol. The Bertz CT molecular complexity index is 692. The first-order valence-corrected chi connectivity index (χ1v) is 9.04. The minimum Gasteiger partial charge on any atom is -0.461 e. The first-order valence-electron chi connectivity index (χ1n) is 9.04.